The predicted octanol–water partition coefficient (Wildman–Crippen LogP) is 11.9. The molecule has 0 rings (SSSR count). The summed E-state index contributed by atoms with van der Waals surface area (Å²) in [6.07, 6.45) is 36.9. The van der Waals surface area contributed by atoms with Crippen molar-refractivity contribution in [3.8, 4) is 0 Å². The molecule has 51 heavy (non-hydrogen) atoms. The van der Waals surface area contributed by atoms with E-state index >= 15 is 0 Å². The molecule has 0 aromatic carbocycles. The van der Waals surface area contributed by atoms with Crippen LogP contribution < -0.4 is 4.89 Å². The molecule has 0 fully saturated rings. The maximum atomic E-state index is 12.6. The molecule has 0 aromatic heterocycles. The zero-order valence-electron chi connectivity index (χ0n) is 34.6. The van der Waals surface area contributed by atoms with E-state index < -0.39 is 13.9 Å². The molecule has 0 aromatic rings. The third-order valence-electron chi connectivity index (χ3n) is 9.66. The van der Waals surface area contributed by atoms with Gasteiger partial charge in [0.2, 0.25) is 0 Å². The van der Waals surface area contributed by atoms with Gasteiger partial charge >= 0.3 is 5.97 Å². The number of carbonyl (C=O) groups excluding carboxylic acids is 1. The average Bonchev–Trinajstić information content (AvgIpc) is 3.08. The number of likely N-dealkylation sites (N-methyl/N-ethyl adjacent to an activating group) is 1. The summed E-state index contributed by atoms with van der Waals surface area (Å²) in [6.45, 7) is 5.44. The van der Waals surface area contributed by atoms with Gasteiger partial charge in [0.15, 0.2) is 0 Å². The summed E-state index contributed by atoms with van der Waals surface area (Å²) in [5, 5.41) is 0. The molecular weight excluding hydrogens is 661 g/mol. The molecule has 8 nitrogen and oxygen atoms in total. The van der Waals surface area contributed by atoms with Crippen molar-refractivity contribution in [1.29, 1.82) is 0 Å². The molecule has 0 heterocycles. The smallest absolute Gasteiger partial charge is 0.306 e. The number of rotatable bonds is 41. The van der Waals surface area contributed by atoms with Crippen molar-refractivity contribution in [3.05, 3.63) is 0 Å². The predicted molar refractivity (Wildman–Crippen MR) is 213 cm³/mol. The van der Waals surface area contributed by atoms with Gasteiger partial charge < -0.3 is 27.9 Å². The van der Waals surface area contributed by atoms with Gasteiger partial charge in [-0.05, 0) is 12.8 Å². The van der Waals surface area contributed by atoms with E-state index in [0.717, 1.165) is 32.1 Å². The summed E-state index contributed by atoms with van der Waals surface area (Å²) in [4.78, 5) is 24.9. The van der Waals surface area contributed by atoms with Crippen molar-refractivity contribution in [1.82, 2.24) is 0 Å². The second-order valence-electron chi connectivity index (χ2n) is 16.1. The molecule has 0 aliphatic heterocycles. The van der Waals surface area contributed by atoms with Crippen LogP contribution >= 0.6 is 7.82 Å². The van der Waals surface area contributed by atoms with Gasteiger partial charge in [0.05, 0.1) is 34.4 Å². The van der Waals surface area contributed by atoms with Crippen LogP contribution in [0.25, 0.3) is 0 Å². The highest BCUT2D eigenvalue weighted by molar-refractivity contribution is 7.45. The number of quaternary nitrogens is 1. The Morgan fingerprint density at radius 1 is 0.529 bits per heavy atom. The number of unbranched alkanes of at least 4 members (excludes halogenated alkanes) is 27. The summed E-state index contributed by atoms with van der Waals surface area (Å²) >= 11 is 0. The van der Waals surface area contributed by atoms with Crippen LogP contribution in [0.5, 0.6) is 0 Å². The summed E-state index contributed by atoms with van der Waals surface area (Å²) in [6, 6.07) is 0. The maximum Gasteiger partial charge on any atom is 0.306 e. The van der Waals surface area contributed by atoms with Crippen LogP contribution in [0, 0.1) is 0 Å². The van der Waals surface area contributed by atoms with Gasteiger partial charge in [-0.15, -0.1) is 0 Å². The molecular formula is C42H86NO7P. The number of phosphoric acid groups is 1. The fraction of sp³-hybridized carbons (Fsp3) is 0.976. The number of hydrogen-bond acceptors (Lipinski definition) is 7. The van der Waals surface area contributed by atoms with Gasteiger partial charge in [-0.25, -0.2) is 0 Å². The molecule has 0 saturated carbocycles. The van der Waals surface area contributed by atoms with Crippen LogP contribution in [-0.4, -0.2) is 70.7 Å². The summed E-state index contributed by atoms with van der Waals surface area (Å²) in [7, 11) is 1.37. The molecule has 0 saturated heterocycles. The molecule has 0 amide bonds. The number of phosphoric ester groups is 1. The Morgan fingerprint density at radius 2 is 0.902 bits per heavy atom. The highest BCUT2D eigenvalue weighted by Crippen LogP contribution is 2.38. The lowest BCUT2D eigenvalue weighted by atomic mass is 10.0. The first kappa shape index (κ1) is 50.5. The third kappa shape index (κ3) is 40.5. The van der Waals surface area contributed by atoms with Gasteiger partial charge in [-0.3, -0.25) is 9.36 Å². The van der Waals surface area contributed by atoms with Crippen LogP contribution in [0.4, 0.5) is 0 Å². The zero-order valence-corrected chi connectivity index (χ0v) is 35.5. The molecule has 1 unspecified atom stereocenters. The quantitative estimate of drug-likeness (QED) is 0.0266. The summed E-state index contributed by atoms with van der Waals surface area (Å²) < 4.78 is 34.5. The first-order chi connectivity index (χ1) is 24.6. The highest BCUT2D eigenvalue weighted by atomic mass is 31.2. The minimum Gasteiger partial charge on any atom is -0.756 e. The van der Waals surface area contributed by atoms with Crippen LogP contribution in [0.15, 0.2) is 0 Å². The molecule has 0 aliphatic carbocycles. The van der Waals surface area contributed by atoms with E-state index in [2.05, 4.69) is 13.8 Å². The molecule has 0 radical (unpaired) electrons. The van der Waals surface area contributed by atoms with Crippen LogP contribution in [0.3, 0.4) is 0 Å². The molecule has 306 valence electrons. The van der Waals surface area contributed by atoms with Crippen molar-refractivity contribution in [2.45, 2.75) is 213 Å². The Balaban J connectivity index is 4.07. The number of esters is 1. The van der Waals surface area contributed by atoms with Crippen molar-refractivity contribution in [2.24, 2.45) is 0 Å². The summed E-state index contributed by atoms with van der Waals surface area (Å²) in [5.74, 6) is -0.333. The van der Waals surface area contributed by atoms with E-state index in [1.165, 1.54) is 154 Å². The van der Waals surface area contributed by atoms with Crippen LogP contribution in [-0.2, 0) is 27.9 Å². The Labute approximate surface area is 317 Å². The van der Waals surface area contributed by atoms with Crippen molar-refractivity contribution >= 4 is 13.8 Å². The van der Waals surface area contributed by atoms with E-state index in [1.54, 1.807) is 0 Å². The third-order valence-corrected chi connectivity index (χ3v) is 10.6. The maximum absolute atomic E-state index is 12.6. The molecule has 0 spiro atoms. The monoisotopic (exact) mass is 748 g/mol. The zero-order chi connectivity index (χ0) is 37.7. The molecule has 0 N–H and O–H groups in total. The SMILES string of the molecule is CCCCCCCCCCCCCCCCCCCCCCOC[C@H](COP(=O)([O-])OCC[N+](C)(C)C)OC(=O)CCCCCCCCCCC. The first-order valence-electron chi connectivity index (χ1n) is 21.8. The first-order valence-corrected chi connectivity index (χ1v) is 23.2. The lowest BCUT2D eigenvalue weighted by Gasteiger charge is -2.28. The fourth-order valence-corrected chi connectivity index (χ4v) is 6.98. The Bertz CT molecular complexity index is 792. The van der Waals surface area contributed by atoms with Gasteiger partial charge in [0, 0.05) is 13.0 Å². The van der Waals surface area contributed by atoms with E-state index in [4.69, 9.17) is 18.5 Å². The van der Waals surface area contributed by atoms with Gasteiger partial charge in [-0.1, -0.05) is 187 Å². The molecule has 0 bridgehead atoms. The molecule has 0 aliphatic rings. The van der Waals surface area contributed by atoms with E-state index in [1.807, 2.05) is 21.1 Å². The van der Waals surface area contributed by atoms with Crippen molar-refractivity contribution < 1.29 is 37.3 Å². The fourth-order valence-electron chi connectivity index (χ4n) is 6.25. The summed E-state index contributed by atoms with van der Waals surface area (Å²) in [5.41, 5.74) is 0. The number of hydrogen-bond donors (Lipinski definition) is 0. The standard InChI is InChI=1S/C42H86NO7P/c1-6-8-10-12-14-16-17-18-19-20-21-22-23-24-25-26-28-30-32-34-37-47-39-41(40-49-51(45,46)48-38-36-43(3,4)5)50-42(44)35-33-31-29-27-15-13-11-9-7-2/h41H,6-40H2,1-5H3/t41-/m1/s1. The number of ether oxygens (including phenoxy) is 2. The number of carbonyl (C=O) groups is 1. The largest absolute Gasteiger partial charge is 0.756 e. The highest BCUT2D eigenvalue weighted by Gasteiger charge is 2.20. The Hall–Kier alpha value is -0.500. The number of nitrogens with zero attached hydrogens (tertiary/aromatic N) is 1. The normalized spacial score (nSPS) is 13.8. The lowest BCUT2D eigenvalue weighted by molar-refractivity contribution is -0.870. The second-order valence-corrected chi connectivity index (χ2v) is 17.5. The van der Waals surface area contributed by atoms with Crippen molar-refractivity contribution in [3.63, 3.8) is 0 Å². The lowest BCUT2D eigenvalue weighted by Crippen LogP contribution is -2.37. The van der Waals surface area contributed by atoms with Crippen molar-refractivity contribution in [2.75, 3.05) is 54.1 Å². The van der Waals surface area contributed by atoms with Gasteiger partial charge in [-0.2, -0.15) is 0 Å². The average molecular weight is 748 g/mol. The molecule has 9 heteroatoms. The van der Waals surface area contributed by atoms with Gasteiger partial charge in [0.25, 0.3) is 7.82 Å². The second kappa shape index (κ2) is 36.5. The van der Waals surface area contributed by atoms with Crippen LogP contribution in [0.2, 0.25) is 0 Å². The van der Waals surface area contributed by atoms with Crippen LogP contribution in [0.1, 0.15) is 206 Å². The topological polar surface area (TPSA) is 94.1 Å². The van der Waals surface area contributed by atoms with E-state index in [9.17, 15) is 14.3 Å². The minimum absolute atomic E-state index is 0.0310. The Kier molecular flexibility index (Phi) is 36.1. The van der Waals surface area contributed by atoms with E-state index in [-0.39, 0.29) is 25.8 Å². The minimum atomic E-state index is -4.51. The molecule has 2 atom stereocenters. The van der Waals surface area contributed by atoms with E-state index in [0.29, 0.717) is 24.1 Å². The Morgan fingerprint density at radius 3 is 1.29 bits per heavy atom. The van der Waals surface area contributed by atoms with Gasteiger partial charge in [0.1, 0.15) is 19.3 Å².